The van der Waals surface area contributed by atoms with Crippen LogP contribution in [0.15, 0.2) is 48.5 Å². The molecule has 6 heteroatoms. The molecule has 0 unspecified atom stereocenters. The third kappa shape index (κ3) is 5.06. The Morgan fingerprint density at radius 3 is 2.50 bits per heavy atom. The maximum absolute atomic E-state index is 13.2. The predicted molar refractivity (Wildman–Crippen MR) is 92.6 cm³/mol. The van der Waals surface area contributed by atoms with Gasteiger partial charge in [0.1, 0.15) is 12.4 Å². The van der Waals surface area contributed by atoms with E-state index in [0.29, 0.717) is 18.7 Å². The Morgan fingerprint density at radius 1 is 1.17 bits per heavy atom. The monoisotopic (exact) mass is 348 g/mol. The van der Waals surface area contributed by atoms with Crippen LogP contribution in [-0.4, -0.2) is 24.9 Å². The van der Waals surface area contributed by atoms with E-state index in [1.165, 1.54) is 30.0 Å². The van der Waals surface area contributed by atoms with E-state index in [9.17, 15) is 14.0 Å². The van der Waals surface area contributed by atoms with Gasteiger partial charge in [-0.1, -0.05) is 41.9 Å². The molecule has 0 aliphatic carbocycles. The second kappa shape index (κ2) is 8.45. The van der Waals surface area contributed by atoms with Gasteiger partial charge in [-0.05, 0) is 30.2 Å². The smallest absolute Gasteiger partial charge is 0.240 e. The maximum atomic E-state index is 13.2. The van der Waals surface area contributed by atoms with Crippen molar-refractivity contribution in [2.24, 2.45) is 0 Å². The first-order valence-corrected chi connectivity index (χ1v) is 7.89. The lowest BCUT2D eigenvalue weighted by atomic mass is 10.1. The lowest BCUT2D eigenvalue weighted by molar-refractivity contribution is -0.123. The molecule has 0 aliphatic heterocycles. The first-order chi connectivity index (χ1) is 11.5. The van der Waals surface area contributed by atoms with Crippen molar-refractivity contribution in [3.05, 3.63) is 64.9 Å². The van der Waals surface area contributed by atoms with Gasteiger partial charge in [0.15, 0.2) is 0 Å². The Kier molecular flexibility index (Phi) is 6.32. The SMILES string of the molecule is CC(=O)N(CC(=O)NCCc1ccccc1)c1ccc(F)c(Cl)c1. The van der Waals surface area contributed by atoms with Gasteiger partial charge in [-0.25, -0.2) is 4.39 Å². The van der Waals surface area contributed by atoms with Crippen molar-refractivity contribution in [3.8, 4) is 0 Å². The molecule has 2 aromatic rings. The van der Waals surface area contributed by atoms with Crippen LogP contribution in [0.3, 0.4) is 0 Å². The standard InChI is InChI=1S/C18H18ClFN2O2/c1-13(23)22(15-7-8-17(20)16(19)11-15)12-18(24)21-10-9-14-5-3-2-4-6-14/h2-8,11H,9-10,12H2,1H3,(H,21,24). The summed E-state index contributed by atoms with van der Waals surface area (Å²) in [6.07, 6.45) is 0.703. The van der Waals surface area contributed by atoms with Gasteiger partial charge in [0, 0.05) is 19.2 Å². The Morgan fingerprint density at radius 2 is 1.88 bits per heavy atom. The van der Waals surface area contributed by atoms with E-state index >= 15 is 0 Å². The normalized spacial score (nSPS) is 10.3. The summed E-state index contributed by atoms with van der Waals surface area (Å²) in [6, 6.07) is 13.7. The van der Waals surface area contributed by atoms with Crippen LogP contribution in [0.5, 0.6) is 0 Å². The number of carbonyl (C=O) groups excluding carboxylic acids is 2. The highest BCUT2D eigenvalue weighted by molar-refractivity contribution is 6.31. The molecule has 4 nitrogen and oxygen atoms in total. The summed E-state index contributed by atoms with van der Waals surface area (Å²) in [5, 5.41) is 2.68. The molecule has 2 rings (SSSR count). The summed E-state index contributed by atoms with van der Waals surface area (Å²) in [4.78, 5) is 25.1. The van der Waals surface area contributed by atoms with E-state index in [0.717, 1.165) is 5.56 Å². The molecule has 126 valence electrons. The lowest BCUT2D eigenvalue weighted by Gasteiger charge is -2.21. The molecule has 1 N–H and O–H groups in total. The number of halogens is 2. The molecule has 2 amide bonds. The van der Waals surface area contributed by atoms with E-state index in [4.69, 9.17) is 11.6 Å². The Balaban J connectivity index is 1.93. The molecule has 0 fully saturated rings. The first kappa shape index (κ1) is 17.9. The maximum Gasteiger partial charge on any atom is 0.240 e. The van der Waals surface area contributed by atoms with Crippen LogP contribution in [0, 0.1) is 5.82 Å². The molecule has 0 radical (unpaired) electrons. The molecule has 0 saturated carbocycles. The molecule has 0 heterocycles. The van der Waals surface area contributed by atoms with Gasteiger partial charge >= 0.3 is 0 Å². The second-order valence-electron chi connectivity index (χ2n) is 5.29. The third-order valence-corrected chi connectivity index (χ3v) is 3.77. The fourth-order valence-corrected chi connectivity index (χ4v) is 2.40. The molecule has 0 atom stereocenters. The molecular formula is C18H18ClFN2O2. The summed E-state index contributed by atoms with van der Waals surface area (Å²) in [7, 11) is 0. The van der Waals surface area contributed by atoms with Crippen molar-refractivity contribution in [1.29, 1.82) is 0 Å². The predicted octanol–water partition coefficient (Wildman–Crippen LogP) is 3.19. The quantitative estimate of drug-likeness (QED) is 0.871. The number of nitrogens with zero attached hydrogens (tertiary/aromatic N) is 1. The van der Waals surface area contributed by atoms with Gasteiger partial charge in [0.25, 0.3) is 0 Å². The average Bonchev–Trinajstić information content (AvgIpc) is 2.56. The number of anilines is 1. The van der Waals surface area contributed by atoms with Crippen LogP contribution in [0.25, 0.3) is 0 Å². The molecule has 0 spiro atoms. The lowest BCUT2D eigenvalue weighted by Crippen LogP contribution is -2.40. The highest BCUT2D eigenvalue weighted by atomic mass is 35.5. The van der Waals surface area contributed by atoms with E-state index in [-0.39, 0.29) is 23.4 Å². The minimum atomic E-state index is -0.573. The van der Waals surface area contributed by atoms with E-state index in [1.54, 1.807) is 0 Å². The molecule has 24 heavy (non-hydrogen) atoms. The molecule has 0 saturated heterocycles. The summed E-state index contributed by atoms with van der Waals surface area (Å²) in [5.74, 6) is -1.19. The second-order valence-corrected chi connectivity index (χ2v) is 5.70. The van der Waals surface area contributed by atoms with E-state index in [2.05, 4.69) is 5.32 Å². The fraction of sp³-hybridized carbons (Fsp3) is 0.222. The van der Waals surface area contributed by atoms with Crippen molar-refractivity contribution in [1.82, 2.24) is 5.32 Å². The van der Waals surface area contributed by atoms with Gasteiger partial charge < -0.3 is 10.2 Å². The van der Waals surface area contributed by atoms with Gasteiger partial charge in [-0.15, -0.1) is 0 Å². The van der Waals surface area contributed by atoms with Crippen molar-refractivity contribution < 1.29 is 14.0 Å². The molecule has 0 bridgehead atoms. The van der Waals surface area contributed by atoms with Gasteiger partial charge in [-0.3, -0.25) is 9.59 Å². The minimum absolute atomic E-state index is 0.0942. The Bertz CT molecular complexity index is 722. The summed E-state index contributed by atoms with van der Waals surface area (Å²) >= 11 is 5.74. The number of hydrogen-bond donors (Lipinski definition) is 1. The highest BCUT2D eigenvalue weighted by Crippen LogP contribution is 2.22. The molecule has 0 aliphatic rings. The van der Waals surface area contributed by atoms with E-state index < -0.39 is 5.82 Å². The van der Waals surface area contributed by atoms with Gasteiger partial charge in [0.05, 0.1) is 5.02 Å². The van der Waals surface area contributed by atoms with Crippen LogP contribution in [-0.2, 0) is 16.0 Å². The minimum Gasteiger partial charge on any atom is -0.354 e. The number of benzene rings is 2. The Labute approximate surface area is 145 Å². The van der Waals surface area contributed by atoms with E-state index in [1.807, 2.05) is 30.3 Å². The summed E-state index contributed by atoms with van der Waals surface area (Å²) < 4.78 is 13.2. The zero-order valence-electron chi connectivity index (χ0n) is 13.3. The summed E-state index contributed by atoms with van der Waals surface area (Å²) in [5.41, 5.74) is 1.50. The average molecular weight is 349 g/mol. The van der Waals surface area contributed by atoms with Crippen LogP contribution in [0.2, 0.25) is 5.02 Å². The number of amides is 2. The first-order valence-electron chi connectivity index (χ1n) is 7.51. The number of hydrogen-bond acceptors (Lipinski definition) is 2. The van der Waals surface area contributed by atoms with Crippen molar-refractivity contribution in [2.45, 2.75) is 13.3 Å². The van der Waals surface area contributed by atoms with Crippen molar-refractivity contribution in [3.63, 3.8) is 0 Å². The zero-order chi connectivity index (χ0) is 17.5. The van der Waals surface area contributed by atoms with Crippen LogP contribution in [0.4, 0.5) is 10.1 Å². The topological polar surface area (TPSA) is 49.4 Å². The van der Waals surface area contributed by atoms with Gasteiger partial charge in [-0.2, -0.15) is 0 Å². The summed E-state index contributed by atoms with van der Waals surface area (Å²) in [6.45, 7) is 1.67. The third-order valence-electron chi connectivity index (χ3n) is 3.48. The molecular weight excluding hydrogens is 331 g/mol. The number of carbonyl (C=O) groups is 2. The zero-order valence-corrected chi connectivity index (χ0v) is 14.0. The molecule has 2 aromatic carbocycles. The largest absolute Gasteiger partial charge is 0.354 e. The number of rotatable bonds is 6. The van der Waals surface area contributed by atoms with Crippen LogP contribution < -0.4 is 10.2 Å². The molecule has 0 aromatic heterocycles. The van der Waals surface area contributed by atoms with Crippen molar-refractivity contribution >= 4 is 29.1 Å². The number of nitrogens with one attached hydrogen (secondary N) is 1. The Hall–Kier alpha value is -2.40. The highest BCUT2D eigenvalue weighted by Gasteiger charge is 2.16. The van der Waals surface area contributed by atoms with Gasteiger partial charge in [0.2, 0.25) is 11.8 Å². The van der Waals surface area contributed by atoms with Crippen molar-refractivity contribution in [2.75, 3.05) is 18.0 Å². The van der Waals surface area contributed by atoms with Crippen LogP contribution >= 0.6 is 11.6 Å². The fourth-order valence-electron chi connectivity index (χ4n) is 2.23. The van der Waals surface area contributed by atoms with Crippen LogP contribution in [0.1, 0.15) is 12.5 Å².